The van der Waals surface area contributed by atoms with Crippen molar-refractivity contribution in [2.24, 2.45) is 5.92 Å². The van der Waals surface area contributed by atoms with Gasteiger partial charge in [-0.25, -0.2) is 0 Å². The van der Waals surface area contributed by atoms with Crippen molar-refractivity contribution in [2.75, 3.05) is 6.61 Å². The fraction of sp³-hybridized carbons (Fsp3) is 1.00. The van der Waals surface area contributed by atoms with Gasteiger partial charge in [-0.15, -0.1) is 0 Å². The van der Waals surface area contributed by atoms with Crippen molar-refractivity contribution < 1.29 is 24.4 Å². The Morgan fingerprint density at radius 3 is 2.37 bits per heavy atom. The molecule has 3 heterocycles. The van der Waals surface area contributed by atoms with Crippen molar-refractivity contribution in [2.45, 2.75) is 75.8 Å². The van der Waals surface area contributed by atoms with E-state index in [0.717, 1.165) is 12.8 Å². The van der Waals surface area contributed by atoms with Crippen molar-refractivity contribution in [1.82, 2.24) is 0 Å². The number of aliphatic hydroxyl groups excluding tert-OH is 2. The fourth-order valence-corrected chi connectivity index (χ4v) is 3.54. The molecule has 3 fully saturated rings. The maximum absolute atomic E-state index is 10.5. The molecule has 3 aliphatic rings. The third-order valence-corrected chi connectivity index (χ3v) is 4.77. The smallest absolute Gasteiger partial charge is 0.110 e. The van der Waals surface area contributed by atoms with Gasteiger partial charge in [-0.3, -0.25) is 0 Å². The van der Waals surface area contributed by atoms with Gasteiger partial charge >= 0.3 is 0 Å². The molecule has 0 aromatic heterocycles. The summed E-state index contributed by atoms with van der Waals surface area (Å²) in [7, 11) is 0. The van der Waals surface area contributed by atoms with E-state index in [0.29, 0.717) is 13.0 Å². The van der Waals surface area contributed by atoms with Crippen LogP contribution < -0.4 is 0 Å². The van der Waals surface area contributed by atoms with Crippen molar-refractivity contribution in [3.8, 4) is 0 Å². The SMILES string of the molecule is CC1C(C2OCC[C@H]2O)O[C@H]2CC[C@H](C)O[C@@H]2[C@@H]1O. The number of hydrogen-bond donors (Lipinski definition) is 2. The number of aliphatic hydroxyl groups is 2. The van der Waals surface area contributed by atoms with E-state index in [4.69, 9.17) is 14.2 Å². The molecular weight excluding hydrogens is 248 g/mol. The zero-order valence-corrected chi connectivity index (χ0v) is 11.6. The fourth-order valence-electron chi connectivity index (χ4n) is 3.54. The van der Waals surface area contributed by atoms with Gasteiger partial charge in [0.25, 0.3) is 0 Å². The van der Waals surface area contributed by atoms with E-state index in [-0.39, 0.29) is 36.4 Å². The Bertz CT molecular complexity index is 321. The molecule has 5 nitrogen and oxygen atoms in total. The number of ether oxygens (including phenoxy) is 3. The van der Waals surface area contributed by atoms with Crippen LogP contribution in [0.4, 0.5) is 0 Å². The average molecular weight is 272 g/mol. The summed E-state index contributed by atoms with van der Waals surface area (Å²) in [5, 5.41) is 20.4. The van der Waals surface area contributed by atoms with Gasteiger partial charge in [0.15, 0.2) is 0 Å². The summed E-state index contributed by atoms with van der Waals surface area (Å²) >= 11 is 0. The quantitative estimate of drug-likeness (QED) is 0.726. The monoisotopic (exact) mass is 272 g/mol. The first-order valence-electron chi connectivity index (χ1n) is 7.36. The normalized spacial score (nSPS) is 54.9. The van der Waals surface area contributed by atoms with Crippen molar-refractivity contribution in [3.63, 3.8) is 0 Å². The minimum Gasteiger partial charge on any atom is -0.390 e. The van der Waals surface area contributed by atoms with Gasteiger partial charge in [-0.05, 0) is 26.2 Å². The first-order chi connectivity index (χ1) is 9.08. The molecule has 5 heteroatoms. The van der Waals surface area contributed by atoms with E-state index in [1.807, 2.05) is 13.8 Å². The van der Waals surface area contributed by atoms with Crippen molar-refractivity contribution in [1.29, 1.82) is 0 Å². The topological polar surface area (TPSA) is 68.2 Å². The van der Waals surface area contributed by atoms with Gasteiger partial charge in [0, 0.05) is 12.5 Å². The van der Waals surface area contributed by atoms with E-state index < -0.39 is 12.2 Å². The molecule has 19 heavy (non-hydrogen) atoms. The van der Waals surface area contributed by atoms with E-state index in [1.165, 1.54) is 0 Å². The van der Waals surface area contributed by atoms with Crippen LogP contribution in [0.1, 0.15) is 33.1 Å². The Morgan fingerprint density at radius 2 is 1.68 bits per heavy atom. The Balaban J connectivity index is 1.74. The Kier molecular flexibility index (Phi) is 3.84. The van der Waals surface area contributed by atoms with Crippen LogP contribution in [0.15, 0.2) is 0 Å². The van der Waals surface area contributed by atoms with Crippen LogP contribution in [0.5, 0.6) is 0 Å². The van der Waals surface area contributed by atoms with E-state index >= 15 is 0 Å². The van der Waals surface area contributed by atoms with Crippen LogP contribution in [0, 0.1) is 5.92 Å². The molecule has 0 bridgehead atoms. The lowest BCUT2D eigenvalue weighted by molar-refractivity contribution is -0.263. The first kappa shape index (κ1) is 13.8. The highest BCUT2D eigenvalue weighted by atomic mass is 16.6. The number of hydrogen-bond acceptors (Lipinski definition) is 5. The summed E-state index contributed by atoms with van der Waals surface area (Å²) in [6.07, 6.45) is 0.750. The van der Waals surface area contributed by atoms with E-state index in [9.17, 15) is 10.2 Å². The molecule has 2 N–H and O–H groups in total. The zero-order chi connectivity index (χ0) is 13.6. The second-order valence-corrected chi connectivity index (χ2v) is 6.17. The van der Waals surface area contributed by atoms with Gasteiger partial charge in [0.05, 0.1) is 30.5 Å². The van der Waals surface area contributed by atoms with Crippen LogP contribution in [-0.2, 0) is 14.2 Å². The minimum atomic E-state index is -0.553. The molecule has 3 saturated heterocycles. The first-order valence-corrected chi connectivity index (χ1v) is 7.36. The molecule has 0 saturated carbocycles. The highest BCUT2D eigenvalue weighted by molar-refractivity contribution is 4.98. The molecule has 8 atom stereocenters. The lowest BCUT2D eigenvalue weighted by Gasteiger charge is -2.48. The van der Waals surface area contributed by atoms with Gasteiger partial charge in [-0.1, -0.05) is 6.92 Å². The summed E-state index contributed by atoms with van der Waals surface area (Å²) in [6.45, 7) is 4.54. The number of rotatable bonds is 1. The highest BCUT2D eigenvalue weighted by Crippen LogP contribution is 2.37. The second-order valence-electron chi connectivity index (χ2n) is 6.17. The molecule has 3 unspecified atom stereocenters. The molecule has 110 valence electrons. The van der Waals surface area contributed by atoms with Crippen LogP contribution in [0.25, 0.3) is 0 Å². The van der Waals surface area contributed by atoms with Crippen LogP contribution in [0.3, 0.4) is 0 Å². The molecule has 0 spiro atoms. The molecule has 3 rings (SSSR count). The summed E-state index contributed by atoms with van der Waals surface area (Å²) < 4.78 is 17.5. The van der Waals surface area contributed by atoms with Crippen LogP contribution in [-0.4, -0.2) is 59.5 Å². The van der Waals surface area contributed by atoms with Crippen molar-refractivity contribution >= 4 is 0 Å². The van der Waals surface area contributed by atoms with Crippen LogP contribution >= 0.6 is 0 Å². The van der Waals surface area contributed by atoms with Gasteiger partial charge in [-0.2, -0.15) is 0 Å². The second kappa shape index (κ2) is 5.30. The van der Waals surface area contributed by atoms with Crippen LogP contribution in [0.2, 0.25) is 0 Å². The minimum absolute atomic E-state index is 0.0798. The molecule has 0 aromatic carbocycles. The average Bonchev–Trinajstić information content (AvgIpc) is 2.81. The third-order valence-electron chi connectivity index (χ3n) is 4.77. The molecule has 0 aliphatic carbocycles. The zero-order valence-electron chi connectivity index (χ0n) is 11.6. The Hall–Kier alpha value is -0.200. The predicted molar refractivity (Wildman–Crippen MR) is 67.8 cm³/mol. The number of fused-ring (bicyclic) bond motifs is 1. The molecule has 0 amide bonds. The third kappa shape index (κ3) is 2.43. The summed E-state index contributed by atoms with van der Waals surface area (Å²) in [4.78, 5) is 0. The maximum atomic E-state index is 10.5. The predicted octanol–water partition coefficient (Wildman–Crippen LogP) is 0.468. The highest BCUT2D eigenvalue weighted by Gasteiger charge is 2.50. The van der Waals surface area contributed by atoms with Crippen molar-refractivity contribution in [3.05, 3.63) is 0 Å². The molecule has 0 aromatic rings. The largest absolute Gasteiger partial charge is 0.390 e. The van der Waals surface area contributed by atoms with Gasteiger partial charge in [0.2, 0.25) is 0 Å². The van der Waals surface area contributed by atoms with E-state index in [2.05, 4.69) is 0 Å². The summed E-state index contributed by atoms with van der Waals surface area (Å²) in [6, 6.07) is 0. The van der Waals surface area contributed by atoms with Gasteiger partial charge < -0.3 is 24.4 Å². The molecule has 0 radical (unpaired) electrons. The Labute approximate surface area is 113 Å². The lowest BCUT2D eigenvalue weighted by atomic mass is 9.82. The maximum Gasteiger partial charge on any atom is 0.110 e. The van der Waals surface area contributed by atoms with Gasteiger partial charge in [0.1, 0.15) is 12.2 Å². The lowest BCUT2D eigenvalue weighted by Crippen LogP contribution is -2.60. The summed E-state index contributed by atoms with van der Waals surface area (Å²) in [5.41, 5.74) is 0. The standard InChI is InChI=1S/C14H24O5/c1-7-3-4-10-14(18-7)11(16)8(2)12(19-10)13-9(15)5-6-17-13/h7-16H,3-6H2,1-2H3/t7-,8?,9+,10-,11+,12?,13?,14-/m0/s1. The summed E-state index contributed by atoms with van der Waals surface area (Å²) in [5.74, 6) is -0.0932. The van der Waals surface area contributed by atoms with E-state index in [1.54, 1.807) is 0 Å². The Morgan fingerprint density at radius 1 is 0.895 bits per heavy atom. The molecule has 3 aliphatic heterocycles. The molecular formula is C14H24O5.